The molecule has 4 heteroatoms. The first-order valence-electron chi connectivity index (χ1n) is 5.84. The third-order valence-corrected chi connectivity index (χ3v) is 3.66. The number of rotatable bonds is 5. The lowest BCUT2D eigenvalue weighted by molar-refractivity contribution is -0.119. The van der Waals surface area contributed by atoms with Crippen LogP contribution in [-0.4, -0.2) is 12.5 Å². The normalized spacial score (nSPS) is 10.1. The van der Waals surface area contributed by atoms with Gasteiger partial charge in [0.2, 0.25) is 5.91 Å². The Kier molecular flexibility index (Phi) is 4.36. The molecule has 2 rings (SSSR count). The highest BCUT2D eigenvalue weighted by Crippen LogP contribution is 2.14. The largest absolute Gasteiger partial charge is 0.376 e. The van der Waals surface area contributed by atoms with Crippen LogP contribution < -0.4 is 10.6 Å². The van der Waals surface area contributed by atoms with E-state index in [4.69, 9.17) is 0 Å². The van der Waals surface area contributed by atoms with E-state index in [2.05, 4.69) is 23.6 Å². The molecule has 0 atom stereocenters. The average Bonchev–Trinajstić information content (AvgIpc) is 2.81. The van der Waals surface area contributed by atoms with Crippen LogP contribution in [0.3, 0.4) is 0 Å². The number of benzene rings is 1. The number of carbonyl (C=O) groups is 1. The van der Waals surface area contributed by atoms with Crippen LogP contribution in [0.25, 0.3) is 0 Å². The Morgan fingerprint density at radius 2 is 2.00 bits per heavy atom. The quantitative estimate of drug-likeness (QED) is 0.868. The monoisotopic (exact) mass is 260 g/mol. The van der Waals surface area contributed by atoms with Gasteiger partial charge in [0.1, 0.15) is 0 Å². The Hall–Kier alpha value is -1.81. The maximum atomic E-state index is 11.7. The third-order valence-electron chi connectivity index (χ3n) is 2.64. The summed E-state index contributed by atoms with van der Waals surface area (Å²) in [6.07, 6.45) is 0. The van der Waals surface area contributed by atoms with Crippen molar-refractivity contribution in [1.29, 1.82) is 0 Å². The molecule has 0 saturated heterocycles. The van der Waals surface area contributed by atoms with Gasteiger partial charge in [0, 0.05) is 10.6 Å². The molecule has 1 heterocycles. The van der Waals surface area contributed by atoms with Crippen molar-refractivity contribution in [2.24, 2.45) is 0 Å². The molecule has 1 amide bonds. The number of amides is 1. The smallest absolute Gasteiger partial charge is 0.239 e. The molecule has 0 aliphatic rings. The summed E-state index contributed by atoms with van der Waals surface area (Å²) >= 11 is 1.67. The van der Waals surface area contributed by atoms with Gasteiger partial charge in [-0.2, -0.15) is 0 Å². The molecule has 1 aromatic carbocycles. The fourth-order valence-electron chi connectivity index (χ4n) is 1.56. The van der Waals surface area contributed by atoms with Crippen LogP contribution >= 0.6 is 11.3 Å². The molecule has 1 aromatic heterocycles. The van der Waals surface area contributed by atoms with Gasteiger partial charge >= 0.3 is 0 Å². The molecule has 2 N–H and O–H groups in total. The minimum Gasteiger partial charge on any atom is -0.376 e. The maximum absolute atomic E-state index is 11.7. The van der Waals surface area contributed by atoms with Gasteiger partial charge in [-0.25, -0.2) is 0 Å². The fourth-order valence-corrected chi connectivity index (χ4v) is 2.41. The lowest BCUT2D eigenvalue weighted by Gasteiger charge is -2.07. The lowest BCUT2D eigenvalue weighted by atomic mass is 10.3. The van der Waals surface area contributed by atoms with E-state index in [0.29, 0.717) is 13.1 Å². The van der Waals surface area contributed by atoms with E-state index in [1.807, 2.05) is 35.7 Å². The highest BCUT2D eigenvalue weighted by atomic mass is 32.1. The number of hydrogen-bond donors (Lipinski definition) is 2. The summed E-state index contributed by atoms with van der Waals surface area (Å²) in [5, 5.41) is 8.03. The zero-order valence-electron chi connectivity index (χ0n) is 10.3. The molecule has 94 valence electrons. The van der Waals surface area contributed by atoms with Crippen LogP contribution in [0.4, 0.5) is 5.69 Å². The second-order valence-electron chi connectivity index (χ2n) is 4.02. The molecule has 0 saturated carbocycles. The minimum absolute atomic E-state index is 0.00616. The molecule has 0 aliphatic heterocycles. The van der Waals surface area contributed by atoms with E-state index in [1.54, 1.807) is 11.3 Å². The van der Waals surface area contributed by atoms with Crippen LogP contribution in [0, 0.1) is 6.92 Å². The SMILES string of the molecule is Cc1ccsc1CNC(=O)CNc1ccccc1. The summed E-state index contributed by atoms with van der Waals surface area (Å²) in [5.41, 5.74) is 2.19. The van der Waals surface area contributed by atoms with Gasteiger partial charge in [0.15, 0.2) is 0 Å². The van der Waals surface area contributed by atoms with Crippen molar-refractivity contribution in [3.05, 3.63) is 52.2 Å². The summed E-state index contributed by atoms with van der Waals surface area (Å²) < 4.78 is 0. The van der Waals surface area contributed by atoms with Crippen LogP contribution in [0.2, 0.25) is 0 Å². The van der Waals surface area contributed by atoms with Gasteiger partial charge in [-0.3, -0.25) is 4.79 Å². The predicted molar refractivity (Wildman–Crippen MR) is 75.8 cm³/mol. The molecular formula is C14H16N2OS. The van der Waals surface area contributed by atoms with Crippen molar-refractivity contribution in [2.75, 3.05) is 11.9 Å². The highest BCUT2D eigenvalue weighted by molar-refractivity contribution is 7.10. The van der Waals surface area contributed by atoms with Crippen LogP contribution in [0.15, 0.2) is 41.8 Å². The topological polar surface area (TPSA) is 41.1 Å². The molecule has 0 fully saturated rings. The zero-order chi connectivity index (χ0) is 12.8. The Labute approximate surface area is 111 Å². The van der Waals surface area contributed by atoms with E-state index in [9.17, 15) is 4.79 Å². The predicted octanol–water partition coefficient (Wildman–Crippen LogP) is 2.78. The average molecular weight is 260 g/mol. The van der Waals surface area contributed by atoms with E-state index in [-0.39, 0.29) is 5.91 Å². The molecule has 18 heavy (non-hydrogen) atoms. The number of para-hydroxylation sites is 1. The number of aryl methyl sites for hydroxylation is 1. The number of anilines is 1. The van der Waals surface area contributed by atoms with Crippen molar-refractivity contribution < 1.29 is 4.79 Å². The standard InChI is InChI=1S/C14H16N2OS/c1-11-7-8-18-13(11)9-16-14(17)10-15-12-5-3-2-4-6-12/h2-8,15H,9-10H2,1H3,(H,16,17). The van der Waals surface area contributed by atoms with Gasteiger partial charge < -0.3 is 10.6 Å². The van der Waals surface area contributed by atoms with Crippen molar-refractivity contribution in [1.82, 2.24) is 5.32 Å². The van der Waals surface area contributed by atoms with Gasteiger partial charge in [-0.15, -0.1) is 11.3 Å². The van der Waals surface area contributed by atoms with E-state index in [0.717, 1.165) is 5.69 Å². The lowest BCUT2D eigenvalue weighted by Crippen LogP contribution is -2.29. The Bertz CT molecular complexity index is 508. The van der Waals surface area contributed by atoms with Crippen molar-refractivity contribution in [2.45, 2.75) is 13.5 Å². The Balaban J connectivity index is 1.75. The number of nitrogens with one attached hydrogen (secondary N) is 2. The van der Waals surface area contributed by atoms with E-state index in [1.165, 1.54) is 10.4 Å². The number of carbonyl (C=O) groups excluding carboxylic acids is 1. The summed E-state index contributed by atoms with van der Waals surface area (Å²) in [6, 6.07) is 11.8. The van der Waals surface area contributed by atoms with E-state index < -0.39 is 0 Å². The van der Waals surface area contributed by atoms with Crippen LogP contribution in [-0.2, 0) is 11.3 Å². The van der Waals surface area contributed by atoms with Crippen molar-refractivity contribution in [3.8, 4) is 0 Å². The van der Waals surface area contributed by atoms with Crippen molar-refractivity contribution >= 4 is 22.9 Å². The summed E-state index contributed by atoms with van der Waals surface area (Å²) in [5.74, 6) is 0.00616. The minimum atomic E-state index is 0.00616. The van der Waals surface area contributed by atoms with Crippen LogP contribution in [0.5, 0.6) is 0 Å². The summed E-state index contributed by atoms with van der Waals surface area (Å²) in [4.78, 5) is 12.9. The fraction of sp³-hybridized carbons (Fsp3) is 0.214. The molecule has 0 bridgehead atoms. The third kappa shape index (κ3) is 3.60. The molecule has 0 spiro atoms. The van der Waals surface area contributed by atoms with Crippen molar-refractivity contribution in [3.63, 3.8) is 0 Å². The van der Waals surface area contributed by atoms with E-state index >= 15 is 0 Å². The molecule has 0 aliphatic carbocycles. The maximum Gasteiger partial charge on any atom is 0.239 e. The van der Waals surface area contributed by atoms with Gasteiger partial charge in [-0.05, 0) is 36.1 Å². The first kappa shape index (κ1) is 12.6. The first-order chi connectivity index (χ1) is 8.75. The summed E-state index contributed by atoms with van der Waals surface area (Å²) in [6.45, 7) is 2.97. The second-order valence-corrected chi connectivity index (χ2v) is 5.02. The second kappa shape index (κ2) is 6.21. The highest BCUT2D eigenvalue weighted by Gasteiger charge is 2.03. The van der Waals surface area contributed by atoms with Gasteiger partial charge in [0.05, 0.1) is 13.1 Å². The molecule has 0 radical (unpaired) electrons. The van der Waals surface area contributed by atoms with Gasteiger partial charge in [-0.1, -0.05) is 18.2 Å². The molecule has 3 nitrogen and oxygen atoms in total. The first-order valence-corrected chi connectivity index (χ1v) is 6.72. The Morgan fingerprint density at radius 3 is 2.67 bits per heavy atom. The molecule has 2 aromatic rings. The zero-order valence-corrected chi connectivity index (χ0v) is 11.1. The molecule has 0 unspecified atom stereocenters. The molecular weight excluding hydrogens is 244 g/mol. The number of hydrogen-bond acceptors (Lipinski definition) is 3. The Morgan fingerprint density at radius 1 is 1.22 bits per heavy atom. The van der Waals surface area contributed by atoms with Gasteiger partial charge in [0.25, 0.3) is 0 Å². The number of thiophene rings is 1. The van der Waals surface area contributed by atoms with Crippen LogP contribution in [0.1, 0.15) is 10.4 Å². The summed E-state index contributed by atoms with van der Waals surface area (Å²) in [7, 11) is 0.